The van der Waals surface area contributed by atoms with Gasteiger partial charge in [-0.15, -0.1) is 0 Å². The molecule has 1 unspecified atom stereocenters. The molecule has 0 amide bonds. The van der Waals surface area contributed by atoms with Gasteiger partial charge in [-0.3, -0.25) is 0 Å². The van der Waals surface area contributed by atoms with Crippen molar-refractivity contribution in [3.8, 4) is 0 Å². The molecule has 1 aromatic rings. The average Bonchev–Trinajstić information content (AvgIpc) is 2.32. The predicted molar refractivity (Wildman–Crippen MR) is 81.1 cm³/mol. The number of sulfone groups is 1. The van der Waals surface area contributed by atoms with Crippen molar-refractivity contribution in [2.75, 3.05) is 12.8 Å². The van der Waals surface area contributed by atoms with E-state index in [1.165, 1.54) is 12.3 Å². The molecule has 0 bridgehead atoms. The van der Waals surface area contributed by atoms with Crippen LogP contribution in [-0.2, 0) is 9.84 Å². The van der Waals surface area contributed by atoms with Crippen molar-refractivity contribution < 1.29 is 12.8 Å². The highest BCUT2D eigenvalue weighted by Gasteiger charge is 2.40. The van der Waals surface area contributed by atoms with Crippen molar-refractivity contribution in [2.45, 2.75) is 44.9 Å². The van der Waals surface area contributed by atoms with Crippen LogP contribution in [0, 0.1) is 12.7 Å². The minimum atomic E-state index is -3.34. The maximum absolute atomic E-state index is 14.1. The monoisotopic (exact) mass is 301 g/mol. The van der Waals surface area contributed by atoms with Gasteiger partial charge in [0.15, 0.2) is 9.84 Å². The summed E-state index contributed by atoms with van der Waals surface area (Å²) in [5, 5.41) is 3.18. The molecule has 0 saturated heterocycles. The molecule has 5 heteroatoms. The van der Waals surface area contributed by atoms with Gasteiger partial charge in [0.1, 0.15) is 5.82 Å². The fraction of sp³-hybridized carbons (Fsp3) is 0.600. The maximum Gasteiger partial charge on any atom is 0.154 e. The predicted octanol–water partition coefficient (Wildman–Crippen LogP) is 3.00. The average molecular weight is 301 g/mol. The zero-order valence-electron chi connectivity index (χ0n) is 12.8. The Morgan fingerprint density at radius 1 is 1.35 bits per heavy atom. The molecule has 0 fully saturated rings. The van der Waals surface area contributed by atoms with E-state index >= 15 is 0 Å². The van der Waals surface area contributed by atoms with Crippen molar-refractivity contribution >= 4 is 9.84 Å². The molecule has 0 aromatic heterocycles. The van der Waals surface area contributed by atoms with E-state index in [2.05, 4.69) is 5.32 Å². The molecule has 0 aliphatic heterocycles. The molecule has 20 heavy (non-hydrogen) atoms. The van der Waals surface area contributed by atoms with Crippen LogP contribution in [0.15, 0.2) is 18.2 Å². The Balaban J connectivity index is 3.36. The number of rotatable bonds is 6. The lowest BCUT2D eigenvalue weighted by Gasteiger charge is -2.34. The van der Waals surface area contributed by atoms with Crippen LogP contribution in [0.25, 0.3) is 0 Å². The quantitative estimate of drug-likeness (QED) is 0.878. The van der Waals surface area contributed by atoms with Gasteiger partial charge in [0.25, 0.3) is 0 Å². The molecule has 1 N–H and O–H groups in total. The molecule has 1 aromatic carbocycles. The summed E-state index contributed by atoms with van der Waals surface area (Å²) in [6.07, 6.45) is 2.05. The molecule has 1 atom stereocenters. The topological polar surface area (TPSA) is 46.2 Å². The van der Waals surface area contributed by atoms with Gasteiger partial charge in [-0.25, -0.2) is 12.8 Å². The van der Waals surface area contributed by atoms with Gasteiger partial charge < -0.3 is 5.32 Å². The molecule has 0 spiro atoms. The Morgan fingerprint density at radius 3 is 2.45 bits per heavy atom. The summed E-state index contributed by atoms with van der Waals surface area (Å²) in [5.41, 5.74) is 1.32. The first-order valence-electron chi connectivity index (χ1n) is 6.80. The normalized spacial score (nSPS) is 14.3. The summed E-state index contributed by atoms with van der Waals surface area (Å²) < 4.78 is 37.2. The molecule has 0 aliphatic carbocycles. The standard InChI is InChI=1S/C15H24FNO2S/c1-6-9-17-14(15(3,4)20(5,18)19)12-10-11(2)7-8-13(12)16/h7-8,10,14,17H,6,9H2,1-5H3. The minimum absolute atomic E-state index is 0.374. The van der Waals surface area contributed by atoms with Crippen LogP contribution in [0.1, 0.15) is 44.4 Å². The summed E-state index contributed by atoms with van der Waals surface area (Å²) in [4.78, 5) is 0. The third kappa shape index (κ3) is 3.58. The summed E-state index contributed by atoms with van der Waals surface area (Å²) in [7, 11) is -3.34. The van der Waals surface area contributed by atoms with Crippen molar-refractivity contribution in [3.63, 3.8) is 0 Å². The Labute approximate surface area is 121 Å². The SMILES string of the molecule is CCCNC(c1cc(C)ccc1F)C(C)(C)S(C)(=O)=O. The molecule has 0 saturated carbocycles. The summed E-state index contributed by atoms with van der Waals surface area (Å²) in [6, 6.07) is 4.22. The smallest absolute Gasteiger partial charge is 0.154 e. The van der Waals surface area contributed by atoms with E-state index in [0.717, 1.165) is 12.0 Å². The molecule has 0 radical (unpaired) electrons. The minimum Gasteiger partial charge on any atom is -0.309 e. The molecule has 114 valence electrons. The first-order chi connectivity index (χ1) is 9.11. The van der Waals surface area contributed by atoms with Gasteiger partial charge >= 0.3 is 0 Å². The number of nitrogens with one attached hydrogen (secondary N) is 1. The molecule has 3 nitrogen and oxygen atoms in total. The second-order valence-corrected chi connectivity index (χ2v) is 8.38. The fourth-order valence-corrected chi connectivity index (χ4v) is 2.76. The molecule has 0 aliphatic rings. The van der Waals surface area contributed by atoms with E-state index in [1.54, 1.807) is 26.0 Å². The Hall–Kier alpha value is -0.940. The van der Waals surface area contributed by atoms with E-state index in [-0.39, 0.29) is 5.82 Å². The van der Waals surface area contributed by atoms with Gasteiger partial charge in [-0.2, -0.15) is 0 Å². The van der Waals surface area contributed by atoms with E-state index < -0.39 is 20.6 Å². The van der Waals surface area contributed by atoms with Crippen LogP contribution < -0.4 is 5.32 Å². The Bertz CT molecular complexity index is 567. The number of aryl methyl sites for hydroxylation is 1. The van der Waals surface area contributed by atoms with E-state index in [4.69, 9.17) is 0 Å². The maximum atomic E-state index is 14.1. The highest BCUT2D eigenvalue weighted by molar-refractivity contribution is 7.92. The van der Waals surface area contributed by atoms with E-state index in [1.807, 2.05) is 13.8 Å². The zero-order chi connectivity index (χ0) is 15.6. The van der Waals surface area contributed by atoms with Gasteiger partial charge in [0, 0.05) is 11.8 Å². The van der Waals surface area contributed by atoms with E-state index in [0.29, 0.717) is 12.1 Å². The Morgan fingerprint density at radius 2 is 1.95 bits per heavy atom. The lowest BCUT2D eigenvalue weighted by Crippen LogP contribution is -2.45. The van der Waals surface area contributed by atoms with Gasteiger partial charge in [0.05, 0.1) is 10.8 Å². The van der Waals surface area contributed by atoms with Gasteiger partial charge in [-0.1, -0.05) is 24.6 Å². The zero-order valence-corrected chi connectivity index (χ0v) is 13.6. The van der Waals surface area contributed by atoms with Crippen molar-refractivity contribution in [3.05, 3.63) is 35.1 Å². The van der Waals surface area contributed by atoms with E-state index in [9.17, 15) is 12.8 Å². The summed E-state index contributed by atoms with van der Waals surface area (Å²) >= 11 is 0. The molecular weight excluding hydrogens is 277 g/mol. The third-order valence-electron chi connectivity index (χ3n) is 3.71. The fourth-order valence-electron chi connectivity index (χ4n) is 2.12. The van der Waals surface area contributed by atoms with Crippen LogP contribution in [0.3, 0.4) is 0 Å². The second-order valence-electron chi connectivity index (χ2n) is 5.79. The first kappa shape index (κ1) is 17.1. The number of halogens is 1. The number of hydrogen-bond acceptors (Lipinski definition) is 3. The Kier molecular flexibility index (Phi) is 5.33. The first-order valence-corrected chi connectivity index (χ1v) is 8.69. The van der Waals surface area contributed by atoms with Crippen LogP contribution in [-0.4, -0.2) is 26.0 Å². The lowest BCUT2D eigenvalue weighted by molar-refractivity contribution is 0.406. The molecular formula is C15H24FNO2S. The largest absolute Gasteiger partial charge is 0.309 e. The van der Waals surface area contributed by atoms with Gasteiger partial charge in [-0.05, 0) is 39.8 Å². The summed E-state index contributed by atoms with van der Waals surface area (Å²) in [5.74, 6) is -0.374. The third-order valence-corrected chi connectivity index (χ3v) is 5.86. The lowest BCUT2D eigenvalue weighted by atomic mass is 9.93. The number of benzene rings is 1. The summed E-state index contributed by atoms with van der Waals surface area (Å²) in [6.45, 7) is 7.77. The van der Waals surface area contributed by atoms with Crippen molar-refractivity contribution in [1.82, 2.24) is 5.32 Å². The van der Waals surface area contributed by atoms with Crippen molar-refractivity contribution in [1.29, 1.82) is 0 Å². The van der Waals surface area contributed by atoms with Crippen LogP contribution in [0.5, 0.6) is 0 Å². The number of hydrogen-bond donors (Lipinski definition) is 1. The highest BCUT2D eigenvalue weighted by Crippen LogP contribution is 2.34. The van der Waals surface area contributed by atoms with Crippen LogP contribution >= 0.6 is 0 Å². The van der Waals surface area contributed by atoms with Gasteiger partial charge in [0.2, 0.25) is 0 Å². The van der Waals surface area contributed by atoms with Crippen molar-refractivity contribution in [2.24, 2.45) is 0 Å². The highest BCUT2D eigenvalue weighted by atomic mass is 32.2. The molecule has 1 rings (SSSR count). The van der Waals surface area contributed by atoms with Crippen LogP contribution in [0.4, 0.5) is 4.39 Å². The molecule has 0 heterocycles. The second kappa shape index (κ2) is 6.22. The van der Waals surface area contributed by atoms with Crippen LogP contribution in [0.2, 0.25) is 0 Å².